The average molecular weight is 520 g/mol. The number of hydrogen-bond donors (Lipinski definition) is 1. The van der Waals surface area contributed by atoms with Crippen LogP contribution in [0.3, 0.4) is 0 Å². The maximum atomic E-state index is 13.4. The van der Waals surface area contributed by atoms with Crippen molar-refractivity contribution in [3.63, 3.8) is 0 Å². The van der Waals surface area contributed by atoms with Gasteiger partial charge in [-0.05, 0) is 43.7 Å². The number of anilines is 1. The molecule has 1 saturated carbocycles. The van der Waals surface area contributed by atoms with Gasteiger partial charge in [-0.3, -0.25) is 14.4 Å². The minimum absolute atomic E-state index is 0.0847. The van der Waals surface area contributed by atoms with E-state index in [9.17, 15) is 13.2 Å². The molecule has 0 bridgehead atoms. The third-order valence-electron chi connectivity index (χ3n) is 6.97. The van der Waals surface area contributed by atoms with Gasteiger partial charge in [0.1, 0.15) is 12.4 Å². The number of rotatable bonds is 6. The number of sulfonamides is 1. The maximum absolute atomic E-state index is 13.4. The maximum Gasteiger partial charge on any atom is 0.280 e. The van der Waals surface area contributed by atoms with E-state index in [4.69, 9.17) is 9.47 Å². The van der Waals surface area contributed by atoms with Gasteiger partial charge < -0.3 is 18.9 Å². The molecule has 0 radical (unpaired) electrons. The van der Waals surface area contributed by atoms with Crippen molar-refractivity contribution < 1.29 is 22.7 Å². The second-order valence-corrected chi connectivity index (χ2v) is 11.8. The largest absolute Gasteiger partial charge is 0.491 e. The summed E-state index contributed by atoms with van der Waals surface area (Å²) < 4.78 is 41.7. The van der Waals surface area contributed by atoms with E-state index in [0.29, 0.717) is 30.2 Å². The number of carbonyl (C=O) groups is 1. The molecule has 1 aliphatic carbocycles. The van der Waals surface area contributed by atoms with Gasteiger partial charge in [0.2, 0.25) is 0 Å². The van der Waals surface area contributed by atoms with Gasteiger partial charge in [0, 0.05) is 59.1 Å². The first-order valence-electron chi connectivity index (χ1n) is 12.4. The van der Waals surface area contributed by atoms with Gasteiger partial charge in [-0.1, -0.05) is 6.92 Å². The summed E-state index contributed by atoms with van der Waals surface area (Å²) in [6.07, 6.45) is 5.25. The number of nitrogens with zero attached hydrogens (tertiary/aromatic N) is 4. The molecule has 1 aromatic carbocycles. The number of aromatic nitrogens is 2. The molecule has 2 aliphatic rings. The van der Waals surface area contributed by atoms with Crippen molar-refractivity contribution in [1.82, 2.24) is 19.4 Å². The van der Waals surface area contributed by atoms with Crippen LogP contribution >= 0.6 is 0 Å². The quantitative estimate of drug-likeness (QED) is 0.625. The van der Waals surface area contributed by atoms with Crippen molar-refractivity contribution in [2.75, 3.05) is 45.1 Å². The van der Waals surface area contributed by atoms with Gasteiger partial charge in [0.05, 0.1) is 23.7 Å². The molecule has 2 heterocycles. The third kappa shape index (κ3) is 6.19. The zero-order valence-electron chi connectivity index (χ0n) is 21.7. The van der Waals surface area contributed by atoms with Crippen LogP contribution in [0.1, 0.15) is 37.0 Å². The molecule has 3 atom stereocenters. The number of hydrogen-bond acceptors (Lipinski definition) is 7. The van der Waals surface area contributed by atoms with E-state index in [1.807, 2.05) is 0 Å². The molecule has 198 valence electrons. The zero-order chi connectivity index (χ0) is 26.0. The Labute approximate surface area is 213 Å². The lowest BCUT2D eigenvalue weighted by Crippen LogP contribution is -2.47. The second kappa shape index (κ2) is 10.8. The Morgan fingerprint density at radius 3 is 2.58 bits per heavy atom. The number of amides is 1. The van der Waals surface area contributed by atoms with Crippen LogP contribution in [0.2, 0.25) is 0 Å². The van der Waals surface area contributed by atoms with E-state index in [2.05, 4.69) is 28.5 Å². The average Bonchev–Trinajstić information content (AvgIpc) is 3.54. The Morgan fingerprint density at radius 1 is 1.19 bits per heavy atom. The smallest absolute Gasteiger partial charge is 0.280 e. The Balaban J connectivity index is 1.64. The lowest BCUT2D eigenvalue weighted by atomic mass is 10.0. The molecule has 0 unspecified atom stereocenters. The van der Waals surface area contributed by atoms with Gasteiger partial charge in [-0.2, -0.15) is 8.42 Å². The first-order chi connectivity index (χ1) is 17.1. The Bertz CT molecular complexity index is 1180. The van der Waals surface area contributed by atoms with Gasteiger partial charge >= 0.3 is 0 Å². The zero-order valence-corrected chi connectivity index (χ0v) is 22.5. The van der Waals surface area contributed by atoms with Crippen LogP contribution in [0, 0.1) is 11.8 Å². The highest BCUT2D eigenvalue weighted by molar-refractivity contribution is 7.92. The number of carbonyl (C=O) groups excluding carboxylic acids is 1. The van der Waals surface area contributed by atoms with Crippen LogP contribution in [0.15, 0.2) is 35.7 Å². The van der Waals surface area contributed by atoms with Crippen molar-refractivity contribution in [3.8, 4) is 5.75 Å². The number of nitrogens with one attached hydrogen (secondary N) is 1. The molecule has 36 heavy (non-hydrogen) atoms. The molecule has 11 heteroatoms. The molecule has 0 spiro atoms. The molecular weight excluding hydrogens is 482 g/mol. The van der Waals surface area contributed by atoms with Crippen molar-refractivity contribution in [2.45, 2.75) is 43.9 Å². The number of methoxy groups -OCH3 is 1. The van der Waals surface area contributed by atoms with E-state index < -0.39 is 10.0 Å². The standard InChI is InChI=1S/C25H37N5O5S/c1-17-11-30(12-19-6-7-19)18(2)15-35-22-10-20(27-36(32,33)24-14-28(3)16-26-24)8-9-21(22)25(31)29(4)13-23(17)34-5/h8-10,14,16-19,23,27H,6-7,11-13,15H2,1-5H3/t17-,18+,23+/m1/s1. The fourth-order valence-electron chi connectivity index (χ4n) is 4.53. The van der Waals surface area contributed by atoms with E-state index in [1.165, 1.54) is 25.4 Å². The molecule has 1 aromatic heterocycles. The summed E-state index contributed by atoms with van der Waals surface area (Å²) in [4.78, 5) is 21.4. The minimum atomic E-state index is -3.88. The Hall–Kier alpha value is -2.63. The molecule has 1 fully saturated rings. The lowest BCUT2D eigenvalue weighted by molar-refractivity contribution is 0.00994. The first kappa shape index (κ1) is 26.4. The Morgan fingerprint density at radius 2 is 1.94 bits per heavy atom. The van der Waals surface area contributed by atoms with Crippen molar-refractivity contribution in [3.05, 3.63) is 36.3 Å². The minimum Gasteiger partial charge on any atom is -0.491 e. The SMILES string of the molecule is CO[C@H]1CN(C)C(=O)c2ccc(NS(=O)(=O)c3cn(C)cn3)cc2OC[C@H](C)N(CC2CC2)C[C@H]1C. The number of ether oxygens (including phenoxy) is 2. The molecule has 10 nitrogen and oxygen atoms in total. The van der Waals surface area contributed by atoms with Gasteiger partial charge in [-0.25, -0.2) is 4.98 Å². The first-order valence-corrected chi connectivity index (χ1v) is 13.9. The van der Waals surface area contributed by atoms with E-state index >= 15 is 0 Å². The van der Waals surface area contributed by atoms with Crippen LogP contribution in [0.4, 0.5) is 5.69 Å². The molecular formula is C25H37N5O5S. The van der Waals surface area contributed by atoms with Crippen LogP contribution in [-0.2, 0) is 21.8 Å². The summed E-state index contributed by atoms with van der Waals surface area (Å²) >= 11 is 0. The number of imidazole rings is 1. The molecule has 1 aliphatic heterocycles. The topological polar surface area (TPSA) is 106 Å². The van der Waals surface area contributed by atoms with Crippen LogP contribution in [-0.4, -0.2) is 86.2 Å². The fraction of sp³-hybridized carbons (Fsp3) is 0.600. The summed E-state index contributed by atoms with van der Waals surface area (Å²) in [6, 6.07) is 4.86. The number of likely N-dealkylation sites (N-methyl/N-ethyl adjacent to an activating group) is 1. The predicted molar refractivity (Wildman–Crippen MR) is 137 cm³/mol. The van der Waals surface area contributed by atoms with Gasteiger partial charge in [0.15, 0.2) is 5.03 Å². The summed E-state index contributed by atoms with van der Waals surface area (Å²) in [7, 11) is 1.26. The molecule has 1 N–H and O–H groups in total. The van der Waals surface area contributed by atoms with Crippen molar-refractivity contribution >= 4 is 21.6 Å². The highest BCUT2D eigenvalue weighted by Crippen LogP contribution is 2.32. The highest BCUT2D eigenvalue weighted by atomic mass is 32.2. The monoisotopic (exact) mass is 519 g/mol. The fourth-order valence-corrected chi connectivity index (χ4v) is 5.56. The molecule has 4 rings (SSSR count). The number of aryl methyl sites for hydroxylation is 1. The Kier molecular flexibility index (Phi) is 7.91. The normalized spacial score (nSPS) is 24.4. The number of fused-ring (bicyclic) bond motifs is 1. The highest BCUT2D eigenvalue weighted by Gasteiger charge is 2.32. The third-order valence-corrected chi connectivity index (χ3v) is 8.24. The lowest BCUT2D eigenvalue weighted by Gasteiger charge is -2.36. The van der Waals surface area contributed by atoms with E-state index in [-0.39, 0.29) is 29.0 Å². The van der Waals surface area contributed by atoms with Crippen LogP contribution in [0.5, 0.6) is 5.75 Å². The van der Waals surface area contributed by atoms with Gasteiger partial charge in [-0.15, -0.1) is 0 Å². The summed E-state index contributed by atoms with van der Waals surface area (Å²) in [6.45, 7) is 6.96. The molecule has 1 amide bonds. The van der Waals surface area contributed by atoms with Gasteiger partial charge in [0.25, 0.3) is 15.9 Å². The van der Waals surface area contributed by atoms with Crippen LogP contribution < -0.4 is 9.46 Å². The summed E-state index contributed by atoms with van der Waals surface area (Å²) in [5.41, 5.74) is 0.676. The van der Waals surface area contributed by atoms with Crippen molar-refractivity contribution in [1.29, 1.82) is 0 Å². The predicted octanol–water partition coefficient (Wildman–Crippen LogP) is 2.44. The summed E-state index contributed by atoms with van der Waals surface area (Å²) in [5.74, 6) is 1.08. The second-order valence-electron chi connectivity index (χ2n) is 10.2. The van der Waals surface area contributed by atoms with Crippen LogP contribution in [0.25, 0.3) is 0 Å². The number of benzene rings is 1. The van der Waals surface area contributed by atoms with E-state index in [1.54, 1.807) is 48.9 Å². The summed E-state index contributed by atoms with van der Waals surface area (Å²) in [5, 5.41) is -0.0847. The molecule has 0 saturated heterocycles. The molecule has 2 aromatic rings. The van der Waals surface area contributed by atoms with E-state index in [0.717, 1.165) is 19.0 Å². The van der Waals surface area contributed by atoms with Crippen molar-refractivity contribution in [2.24, 2.45) is 18.9 Å².